The Morgan fingerprint density at radius 3 is 2.50 bits per heavy atom. The minimum atomic E-state index is -0.365. The van der Waals surface area contributed by atoms with Crippen molar-refractivity contribution in [3.63, 3.8) is 0 Å². The van der Waals surface area contributed by atoms with E-state index in [1.165, 1.54) is 38.4 Å². The van der Waals surface area contributed by atoms with E-state index in [4.69, 9.17) is 14.2 Å². The summed E-state index contributed by atoms with van der Waals surface area (Å²) < 4.78 is 19.1. The molecular weight excluding hydrogens is 494 g/mol. The van der Waals surface area contributed by atoms with Crippen molar-refractivity contribution in [2.75, 3.05) is 26.8 Å². The summed E-state index contributed by atoms with van der Waals surface area (Å²) in [6.45, 7) is 7.68. The zero-order chi connectivity index (χ0) is 24.4. The summed E-state index contributed by atoms with van der Waals surface area (Å²) >= 11 is 3.51. The molecule has 0 amide bonds. The molecular formula is C28H42BrNO4. The number of benzene rings is 1. The lowest BCUT2D eigenvalue weighted by atomic mass is 9.95. The zero-order valence-corrected chi connectivity index (χ0v) is 22.7. The fraction of sp³-hybridized carbons (Fsp3) is 0.679. The van der Waals surface area contributed by atoms with Gasteiger partial charge in [0.05, 0.1) is 32.3 Å². The van der Waals surface area contributed by atoms with Gasteiger partial charge in [0.2, 0.25) is 0 Å². The van der Waals surface area contributed by atoms with Crippen LogP contribution < -0.4 is 0 Å². The molecule has 190 valence electrons. The first kappa shape index (κ1) is 27.4. The number of ether oxygens (including phenoxy) is 3. The van der Waals surface area contributed by atoms with Crippen molar-refractivity contribution in [3.05, 3.63) is 46.5 Å². The van der Waals surface area contributed by atoms with E-state index in [-0.39, 0.29) is 23.6 Å². The largest absolute Gasteiger partial charge is 0.469 e. The van der Waals surface area contributed by atoms with Crippen molar-refractivity contribution in [2.24, 2.45) is 5.92 Å². The molecule has 2 aliphatic rings. The highest BCUT2D eigenvalue weighted by molar-refractivity contribution is 9.10. The number of nitrogens with zero attached hydrogens (tertiary/aromatic N) is 1. The maximum absolute atomic E-state index is 11.9. The molecule has 1 aromatic carbocycles. The number of hydrogen-bond acceptors (Lipinski definition) is 5. The van der Waals surface area contributed by atoms with Crippen LogP contribution in [0.1, 0.15) is 70.8 Å². The van der Waals surface area contributed by atoms with Crippen LogP contribution in [0.4, 0.5) is 0 Å². The third-order valence-electron chi connectivity index (χ3n) is 7.55. The maximum Gasteiger partial charge on any atom is 0.308 e. The average molecular weight is 537 g/mol. The molecule has 1 aliphatic heterocycles. The Hall–Kier alpha value is -1.21. The molecule has 1 aliphatic carbocycles. The first-order chi connectivity index (χ1) is 16.5. The zero-order valence-electron chi connectivity index (χ0n) is 21.1. The third-order valence-corrected chi connectivity index (χ3v) is 8.08. The molecule has 34 heavy (non-hydrogen) atoms. The standard InChI is InChI=1S/C28H42BrNO4/c1-4-23(27(31)32-3)11-7-10-20-34-28(2)25(30-18-8-5-6-9-19-30)16-17-26(28)33-21-22-12-14-24(29)15-13-22/h7,10,12-15,23,25-26H,4-6,8-9,11,16-21H2,1-3H3/b10-7-/t23?,25-,26-,28+/m1/s1. The molecule has 0 spiro atoms. The van der Waals surface area contributed by atoms with Gasteiger partial charge in [-0.2, -0.15) is 0 Å². The number of rotatable bonds is 11. The van der Waals surface area contributed by atoms with Crippen LogP contribution in [0.3, 0.4) is 0 Å². The van der Waals surface area contributed by atoms with Crippen molar-refractivity contribution in [1.82, 2.24) is 4.90 Å². The highest BCUT2D eigenvalue weighted by atomic mass is 79.9. The van der Waals surface area contributed by atoms with Crippen LogP contribution in [-0.2, 0) is 25.6 Å². The smallest absolute Gasteiger partial charge is 0.308 e. The number of halogens is 1. The average Bonchev–Trinajstić information content (AvgIpc) is 3.00. The van der Waals surface area contributed by atoms with Gasteiger partial charge in [-0.15, -0.1) is 0 Å². The van der Waals surface area contributed by atoms with E-state index >= 15 is 0 Å². The molecule has 0 aromatic heterocycles. The first-order valence-corrected chi connectivity index (χ1v) is 13.7. The molecule has 6 heteroatoms. The van der Waals surface area contributed by atoms with Crippen LogP contribution in [0.5, 0.6) is 0 Å². The Labute approximate surface area is 214 Å². The van der Waals surface area contributed by atoms with E-state index < -0.39 is 0 Å². The van der Waals surface area contributed by atoms with Crippen molar-refractivity contribution in [2.45, 2.75) is 89.6 Å². The monoisotopic (exact) mass is 535 g/mol. The van der Waals surface area contributed by atoms with E-state index in [1.807, 2.05) is 6.92 Å². The molecule has 5 nitrogen and oxygen atoms in total. The van der Waals surface area contributed by atoms with E-state index in [1.54, 1.807) is 0 Å². The summed E-state index contributed by atoms with van der Waals surface area (Å²) in [4.78, 5) is 14.5. The van der Waals surface area contributed by atoms with Gasteiger partial charge in [0, 0.05) is 10.5 Å². The van der Waals surface area contributed by atoms with E-state index in [9.17, 15) is 4.79 Å². The molecule has 1 heterocycles. The van der Waals surface area contributed by atoms with Crippen LogP contribution in [0.25, 0.3) is 0 Å². The van der Waals surface area contributed by atoms with Gasteiger partial charge in [-0.3, -0.25) is 9.69 Å². The topological polar surface area (TPSA) is 48.0 Å². The summed E-state index contributed by atoms with van der Waals surface area (Å²) in [5, 5.41) is 0. The summed E-state index contributed by atoms with van der Waals surface area (Å²) in [7, 11) is 1.45. The van der Waals surface area contributed by atoms with Crippen molar-refractivity contribution in [1.29, 1.82) is 0 Å². The van der Waals surface area contributed by atoms with E-state index in [0.717, 1.165) is 36.8 Å². The Bertz CT molecular complexity index is 775. The van der Waals surface area contributed by atoms with Gasteiger partial charge < -0.3 is 14.2 Å². The predicted octanol–water partition coefficient (Wildman–Crippen LogP) is 6.29. The third kappa shape index (κ3) is 7.39. The Kier molecular flexibility index (Phi) is 11.1. The molecule has 1 unspecified atom stereocenters. The van der Waals surface area contributed by atoms with Gasteiger partial charge in [0.15, 0.2) is 0 Å². The molecule has 0 radical (unpaired) electrons. The second-order valence-corrected chi connectivity index (χ2v) is 10.7. The summed E-state index contributed by atoms with van der Waals surface area (Å²) in [5.74, 6) is -0.228. The maximum atomic E-state index is 11.9. The fourth-order valence-electron chi connectivity index (χ4n) is 5.42. The normalized spacial score (nSPS) is 27.1. The first-order valence-electron chi connectivity index (χ1n) is 12.9. The molecule has 1 saturated carbocycles. The van der Waals surface area contributed by atoms with Gasteiger partial charge in [-0.1, -0.05) is 60.0 Å². The fourth-order valence-corrected chi connectivity index (χ4v) is 5.68. The number of esters is 1. The number of carbonyl (C=O) groups is 1. The van der Waals surface area contributed by atoms with Gasteiger partial charge in [0.1, 0.15) is 5.60 Å². The highest BCUT2D eigenvalue weighted by Gasteiger charge is 2.50. The van der Waals surface area contributed by atoms with Crippen LogP contribution in [0, 0.1) is 5.92 Å². The lowest BCUT2D eigenvalue weighted by Gasteiger charge is -2.41. The summed E-state index contributed by atoms with van der Waals surface area (Å²) in [6.07, 6.45) is 12.9. The molecule has 1 saturated heterocycles. The Morgan fingerprint density at radius 2 is 1.85 bits per heavy atom. The molecule has 0 N–H and O–H groups in total. The van der Waals surface area contributed by atoms with E-state index in [2.05, 4.69) is 64.2 Å². The van der Waals surface area contributed by atoms with Crippen molar-refractivity contribution < 1.29 is 19.0 Å². The van der Waals surface area contributed by atoms with Crippen LogP contribution >= 0.6 is 15.9 Å². The number of allylic oxidation sites excluding steroid dienone is 1. The number of hydrogen-bond donors (Lipinski definition) is 0. The molecule has 0 bridgehead atoms. The molecule has 3 rings (SSSR count). The molecule has 4 atom stereocenters. The summed E-state index contributed by atoms with van der Waals surface area (Å²) in [5.41, 5.74) is 0.813. The SMILES string of the molecule is CCC(C/C=C\CO[C@]1(C)[C@H](OCc2ccc(Br)cc2)CC[C@H]1N1CCCCCC1)C(=O)OC. The minimum Gasteiger partial charge on any atom is -0.469 e. The number of carbonyl (C=O) groups excluding carboxylic acids is 1. The van der Waals surface area contributed by atoms with Gasteiger partial charge in [-0.05, 0) is 76.2 Å². The lowest BCUT2D eigenvalue weighted by molar-refractivity contribution is -0.145. The second-order valence-electron chi connectivity index (χ2n) is 9.80. The molecule has 1 aromatic rings. The quantitative estimate of drug-likeness (QED) is 0.246. The van der Waals surface area contributed by atoms with Gasteiger partial charge in [0.25, 0.3) is 0 Å². The number of methoxy groups -OCH3 is 1. The number of likely N-dealkylation sites (tertiary alicyclic amines) is 1. The van der Waals surface area contributed by atoms with Crippen molar-refractivity contribution >= 4 is 21.9 Å². The van der Waals surface area contributed by atoms with E-state index in [0.29, 0.717) is 25.7 Å². The van der Waals surface area contributed by atoms with Crippen LogP contribution in [-0.4, -0.2) is 55.4 Å². The highest BCUT2D eigenvalue weighted by Crippen LogP contribution is 2.40. The molecule has 2 fully saturated rings. The van der Waals surface area contributed by atoms with Crippen LogP contribution in [0.2, 0.25) is 0 Å². The van der Waals surface area contributed by atoms with Gasteiger partial charge >= 0.3 is 5.97 Å². The van der Waals surface area contributed by atoms with Gasteiger partial charge in [-0.25, -0.2) is 0 Å². The minimum absolute atomic E-state index is 0.0521. The predicted molar refractivity (Wildman–Crippen MR) is 140 cm³/mol. The summed E-state index contributed by atoms with van der Waals surface area (Å²) in [6, 6.07) is 8.71. The lowest BCUT2D eigenvalue weighted by Crippen LogP contribution is -2.54. The van der Waals surface area contributed by atoms with Crippen LogP contribution in [0.15, 0.2) is 40.9 Å². The Balaban J connectivity index is 1.65. The Morgan fingerprint density at radius 1 is 1.15 bits per heavy atom. The van der Waals surface area contributed by atoms with Crippen molar-refractivity contribution in [3.8, 4) is 0 Å². The second kappa shape index (κ2) is 13.8.